The van der Waals surface area contributed by atoms with Gasteiger partial charge >= 0.3 is 0 Å². The topological polar surface area (TPSA) is 62.7 Å². The zero-order valence-corrected chi connectivity index (χ0v) is 17.4. The zero-order chi connectivity index (χ0) is 19.8. The molecule has 154 valence electrons. The second-order valence-corrected chi connectivity index (χ2v) is 10.4. The van der Waals surface area contributed by atoms with Crippen molar-refractivity contribution in [3.63, 3.8) is 0 Å². The minimum absolute atomic E-state index is 0.413. The Labute approximate surface area is 172 Å². The Hall–Kier alpha value is -1.96. The summed E-state index contributed by atoms with van der Waals surface area (Å²) in [7, 11) is -3.44. The number of likely N-dealkylation sites (tertiary alicyclic amines) is 1. The number of aromatic nitrogens is 1. The van der Waals surface area contributed by atoms with Crippen LogP contribution in [0.4, 0.5) is 0 Å². The molecule has 1 aromatic carbocycles. The second kappa shape index (κ2) is 7.70. The summed E-state index contributed by atoms with van der Waals surface area (Å²) >= 11 is 0. The molecule has 0 unspecified atom stereocenters. The van der Waals surface area contributed by atoms with Gasteiger partial charge in [0.25, 0.3) is 0 Å². The van der Waals surface area contributed by atoms with Crippen LogP contribution in [0.15, 0.2) is 47.6 Å². The first-order chi connectivity index (χ1) is 14.1. The van der Waals surface area contributed by atoms with Gasteiger partial charge in [0.05, 0.1) is 11.5 Å². The van der Waals surface area contributed by atoms with E-state index in [0.717, 1.165) is 50.2 Å². The SMILES string of the molecule is O=S(=O)(c1ccc2c(c1)CCO2)N1C[C@H]2CCN(Cc3cccnc3)CC[C@H]2C1. The van der Waals surface area contributed by atoms with Crippen LogP contribution in [0.3, 0.4) is 0 Å². The van der Waals surface area contributed by atoms with Crippen LogP contribution in [-0.4, -0.2) is 55.4 Å². The van der Waals surface area contributed by atoms with Crippen molar-refractivity contribution in [2.45, 2.75) is 30.7 Å². The summed E-state index contributed by atoms with van der Waals surface area (Å²) in [5.74, 6) is 1.71. The molecule has 2 fully saturated rings. The maximum Gasteiger partial charge on any atom is 0.243 e. The van der Waals surface area contributed by atoms with Gasteiger partial charge in [-0.2, -0.15) is 4.31 Å². The van der Waals surface area contributed by atoms with Crippen LogP contribution in [0.1, 0.15) is 24.0 Å². The van der Waals surface area contributed by atoms with Crippen molar-refractivity contribution in [1.29, 1.82) is 0 Å². The highest BCUT2D eigenvalue weighted by molar-refractivity contribution is 7.89. The quantitative estimate of drug-likeness (QED) is 0.771. The van der Waals surface area contributed by atoms with Crippen LogP contribution in [0, 0.1) is 11.8 Å². The summed E-state index contributed by atoms with van der Waals surface area (Å²) in [4.78, 5) is 7.10. The number of hydrogen-bond donors (Lipinski definition) is 0. The number of sulfonamides is 1. The summed E-state index contributed by atoms with van der Waals surface area (Å²) in [6.45, 7) is 4.87. The highest BCUT2D eigenvalue weighted by atomic mass is 32.2. The number of rotatable bonds is 4. The second-order valence-electron chi connectivity index (χ2n) is 8.42. The third-order valence-corrected chi connectivity index (χ3v) is 8.43. The first kappa shape index (κ1) is 19.0. The van der Waals surface area contributed by atoms with Gasteiger partial charge in [0.1, 0.15) is 5.75 Å². The van der Waals surface area contributed by atoms with Gasteiger partial charge in [0.2, 0.25) is 10.0 Å². The largest absolute Gasteiger partial charge is 0.493 e. The van der Waals surface area contributed by atoms with E-state index in [0.29, 0.717) is 36.4 Å². The molecule has 3 aliphatic rings. The molecule has 7 heteroatoms. The molecule has 6 nitrogen and oxygen atoms in total. The van der Waals surface area contributed by atoms with Crippen molar-refractivity contribution in [2.24, 2.45) is 11.8 Å². The number of nitrogens with zero attached hydrogens (tertiary/aromatic N) is 3. The van der Waals surface area contributed by atoms with Crippen LogP contribution in [0.5, 0.6) is 5.75 Å². The van der Waals surface area contributed by atoms with E-state index in [-0.39, 0.29) is 0 Å². The van der Waals surface area contributed by atoms with E-state index in [1.54, 1.807) is 22.6 Å². The molecule has 2 atom stereocenters. The van der Waals surface area contributed by atoms with E-state index in [1.807, 2.05) is 18.3 Å². The van der Waals surface area contributed by atoms with E-state index in [9.17, 15) is 8.42 Å². The van der Waals surface area contributed by atoms with Crippen LogP contribution in [-0.2, 0) is 23.0 Å². The fourth-order valence-electron chi connectivity index (χ4n) is 4.94. The molecular weight excluding hydrogens is 386 g/mol. The zero-order valence-electron chi connectivity index (χ0n) is 16.5. The molecule has 0 N–H and O–H groups in total. The minimum Gasteiger partial charge on any atom is -0.493 e. The van der Waals surface area contributed by atoms with Gasteiger partial charge in [-0.15, -0.1) is 0 Å². The summed E-state index contributed by atoms with van der Waals surface area (Å²) in [5, 5.41) is 0. The number of ether oxygens (including phenoxy) is 1. The Balaban J connectivity index is 1.25. The average Bonchev–Trinajstić information content (AvgIpc) is 3.33. The van der Waals surface area contributed by atoms with Crippen molar-refractivity contribution in [3.8, 4) is 5.75 Å². The molecule has 2 aromatic rings. The van der Waals surface area contributed by atoms with E-state index < -0.39 is 10.0 Å². The molecule has 0 bridgehead atoms. The lowest BCUT2D eigenvalue weighted by atomic mass is 9.92. The fourth-order valence-corrected chi connectivity index (χ4v) is 6.54. The monoisotopic (exact) mass is 413 g/mol. The Morgan fingerprint density at radius 3 is 2.62 bits per heavy atom. The van der Waals surface area contributed by atoms with Gasteiger partial charge in [0.15, 0.2) is 0 Å². The molecule has 0 amide bonds. The number of fused-ring (bicyclic) bond motifs is 2. The summed E-state index contributed by atoms with van der Waals surface area (Å²) < 4.78 is 33.7. The van der Waals surface area contributed by atoms with Crippen LogP contribution < -0.4 is 4.74 Å². The van der Waals surface area contributed by atoms with E-state index in [2.05, 4.69) is 16.0 Å². The molecule has 3 aliphatic heterocycles. The van der Waals surface area contributed by atoms with E-state index in [4.69, 9.17) is 4.74 Å². The third-order valence-electron chi connectivity index (χ3n) is 6.60. The molecule has 29 heavy (non-hydrogen) atoms. The normalized spacial score (nSPS) is 25.2. The van der Waals surface area contributed by atoms with Gasteiger partial charge in [0, 0.05) is 38.4 Å². The molecule has 0 saturated carbocycles. The number of pyridine rings is 1. The minimum atomic E-state index is -3.44. The predicted molar refractivity (Wildman–Crippen MR) is 110 cm³/mol. The van der Waals surface area contributed by atoms with E-state index >= 15 is 0 Å². The lowest BCUT2D eigenvalue weighted by Gasteiger charge is -2.22. The summed E-state index contributed by atoms with van der Waals surface area (Å²) in [6.07, 6.45) is 6.63. The highest BCUT2D eigenvalue weighted by Crippen LogP contribution is 2.36. The van der Waals surface area contributed by atoms with Gasteiger partial charge in [-0.05, 0) is 73.2 Å². The Kier molecular flexibility index (Phi) is 5.05. The van der Waals surface area contributed by atoms with Gasteiger partial charge in [-0.3, -0.25) is 9.88 Å². The highest BCUT2D eigenvalue weighted by Gasteiger charge is 2.40. The van der Waals surface area contributed by atoms with E-state index in [1.165, 1.54) is 5.56 Å². The smallest absolute Gasteiger partial charge is 0.243 e. The lowest BCUT2D eigenvalue weighted by Crippen LogP contribution is -2.31. The summed E-state index contributed by atoms with van der Waals surface area (Å²) in [5.41, 5.74) is 2.25. The van der Waals surface area contributed by atoms with Crippen molar-refractivity contribution in [3.05, 3.63) is 53.9 Å². The molecule has 0 radical (unpaired) electrons. The molecule has 2 saturated heterocycles. The first-order valence-electron chi connectivity index (χ1n) is 10.5. The molecule has 5 rings (SSSR count). The first-order valence-corrected chi connectivity index (χ1v) is 11.9. The Morgan fingerprint density at radius 2 is 1.90 bits per heavy atom. The van der Waals surface area contributed by atoms with Crippen LogP contribution in [0.2, 0.25) is 0 Å². The van der Waals surface area contributed by atoms with Crippen molar-refractivity contribution < 1.29 is 13.2 Å². The van der Waals surface area contributed by atoms with Gasteiger partial charge in [-0.25, -0.2) is 8.42 Å². The van der Waals surface area contributed by atoms with Crippen LogP contribution >= 0.6 is 0 Å². The van der Waals surface area contributed by atoms with Crippen LogP contribution in [0.25, 0.3) is 0 Å². The molecular formula is C22H27N3O3S. The fraction of sp³-hybridized carbons (Fsp3) is 0.500. The molecule has 0 spiro atoms. The molecule has 4 heterocycles. The number of benzene rings is 1. The summed E-state index contributed by atoms with van der Waals surface area (Å²) in [6, 6.07) is 9.41. The Morgan fingerprint density at radius 1 is 1.10 bits per heavy atom. The number of hydrogen-bond acceptors (Lipinski definition) is 5. The Bertz CT molecular complexity index is 964. The van der Waals surface area contributed by atoms with Gasteiger partial charge < -0.3 is 4.74 Å². The third kappa shape index (κ3) is 3.79. The van der Waals surface area contributed by atoms with Crippen molar-refractivity contribution in [2.75, 3.05) is 32.8 Å². The molecule has 1 aromatic heterocycles. The standard InChI is InChI=1S/C22H27N3O3S/c26-29(27,21-3-4-22-18(12-21)7-11-28-22)25-15-19-5-9-24(10-6-20(19)16-25)14-17-2-1-8-23-13-17/h1-4,8,12-13,19-20H,5-7,9-11,14-16H2/t19-,20+. The molecule has 0 aliphatic carbocycles. The van der Waals surface area contributed by atoms with Crippen molar-refractivity contribution in [1.82, 2.24) is 14.2 Å². The van der Waals surface area contributed by atoms with Crippen molar-refractivity contribution >= 4 is 10.0 Å². The van der Waals surface area contributed by atoms with Gasteiger partial charge in [-0.1, -0.05) is 6.07 Å². The predicted octanol–water partition coefficient (Wildman–Crippen LogP) is 2.55. The average molecular weight is 414 g/mol. The maximum atomic E-state index is 13.2. The maximum absolute atomic E-state index is 13.2. The lowest BCUT2D eigenvalue weighted by molar-refractivity contribution is 0.265.